The van der Waals surface area contributed by atoms with Gasteiger partial charge in [-0.25, -0.2) is 0 Å². The average molecular weight is 235 g/mol. The minimum Gasteiger partial charge on any atom is -0.351 e. The van der Waals surface area contributed by atoms with Crippen molar-refractivity contribution in [3.8, 4) is 12.1 Å². The number of anilines is 1. The van der Waals surface area contributed by atoms with Crippen molar-refractivity contribution in [1.82, 2.24) is 0 Å². The van der Waals surface area contributed by atoms with Gasteiger partial charge >= 0.3 is 0 Å². The van der Waals surface area contributed by atoms with E-state index < -0.39 is 0 Å². The summed E-state index contributed by atoms with van der Waals surface area (Å²) < 4.78 is 0. The predicted octanol–water partition coefficient (Wildman–Crippen LogP) is 3.17. The zero-order valence-corrected chi connectivity index (χ0v) is 10.1. The summed E-state index contributed by atoms with van der Waals surface area (Å²) in [6, 6.07) is 13.5. The SMILES string of the molecule is CN(C=CC=CC=C(C#N)C#N)c1ccccc1. The van der Waals surface area contributed by atoms with Crippen molar-refractivity contribution in [2.45, 2.75) is 0 Å². The molecule has 3 nitrogen and oxygen atoms in total. The lowest BCUT2D eigenvalue weighted by Crippen LogP contribution is -2.06. The molecule has 0 aliphatic heterocycles. The van der Waals surface area contributed by atoms with Gasteiger partial charge in [-0.1, -0.05) is 30.4 Å². The normalized spacial score (nSPS) is 9.94. The average Bonchev–Trinajstić information content (AvgIpc) is 2.43. The van der Waals surface area contributed by atoms with Crippen molar-refractivity contribution < 1.29 is 0 Å². The van der Waals surface area contributed by atoms with Crippen LogP contribution < -0.4 is 4.90 Å². The first kappa shape index (κ1) is 13.3. The lowest BCUT2D eigenvalue weighted by molar-refractivity contribution is 1.20. The number of para-hydroxylation sites is 1. The Labute approximate surface area is 107 Å². The zero-order valence-electron chi connectivity index (χ0n) is 10.1. The van der Waals surface area contributed by atoms with Gasteiger partial charge in [-0.2, -0.15) is 10.5 Å². The molecule has 0 saturated carbocycles. The van der Waals surface area contributed by atoms with Crippen LogP contribution in [-0.2, 0) is 0 Å². The maximum absolute atomic E-state index is 8.52. The third kappa shape index (κ3) is 4.38. The Balaban J connectivity index is 2.57. The molecule has 0 unspecified atom stereocenters. The molecule has 3 heteroatoms. The molecule has 0 aromatic heterocycles. The van der Waals surface area contributed by atoms with Gasteiger partial charge in [0.05, 0.1) is 0 Å². The number of allylic oxidation sites excluding steroid dienone is 5. The Morgan fingerprint density at radius 3 is 2.33 bits per heavy atom. The Hall–Kier alpha value is -2.78. The van der Waals surface area contributed by atoms with E-state index in [4.69, 9.17) is 10.5 Å². The van der Waals surface area contributed by atoms with Crippen LogP contribution in [-0.4, -0.2) is 7.05 Å². The molecule has 0 saturated heterocycles. The molecular weight excluding hydrogens is 222 g/mol. The molecule has 0 aliphatic rings. The summed E-state index contributed by atoms with van der Waals surface area (Å²) >= 11 is 0. The van der Waals surface area contributed by atoms with E-state index in [9.17, 15) is 0 Å². The Bertz CT molecular complexity index is 523. The van der Waals surface area contributed by atoms with Crippen molar-refractivity contribution in [2.24, 2.45) is 0 Å². The molecule has 0 N–H and O–H groups in total. The zero-order chi connectivity index (χ0) is 13.2. The molecule has 0 atom stereocenters. The van der Waals surface area contributed by atoms with Gasteiger partial charge in [0.2, 0.25) is 0 Å². The molecule has 0 fully saturated rings. The molecule has 0 radical (unpaired) electrons. The first-order valence-corrected chi connectivity index (χ1v) is 5.41. The van der Waals surface area contributed by atoms with Gasteiger partial charge in [0, 0.05) is 18.9 Å². The number of rotatable bonds is 4. The summed E-state index contributed by atoms with van der Waals surface area (Å²) in [5.41, 5.74) is 1.18. The number of hydrogen-bond acceptors (Lipinski definition) is 3. The number of nitrogens with zero attached hydrogens (tertiary/aromatic N) is 3. The summed E-state index contributed by atoms with van der Waals surface area (Å²) in [4.78, 5) is 1.98. The topological polar surface area (TPSA) is 50.8 Å². The van der Waals surface area contributed by atoms with Crippen LogP contribution in [0.3, 0.4) is 0 Å². The molecule has 0 bridgehead atoms. The van der Waals surface area contributed by atoms with Crippen molar-refractivity contribution in [3.63, 3.8) is 0 Å². The second-order valence-electron chi connectivity index (χ2n) is 3.48. The van der Waals surface area contributed by atoms with Crippen LogP contribution in [0.1, 0.15) is 0 Å². The Kier molecular flexibility index (Phi) is 5.53. The fourth-order valence-corrected chi connectivity index (χ4v) is 1.24. The van der Waals surface area contributed by atoms with Crippen molar-refractivity contribution in [3.05, 3.63) is 66.4 Å². The standard InChI is InChI=1S/C15H13N3/c1-18(15-9-5-2-6-10-15)11-7-3-4-8-14(12-16)13-17/h2-11H,1H3. The third-order valence-electron chi connectivity index (χ3n) is 2.20. The molecule has 88 valence electrons. The first-order valence-electron chi connectivity index (χ1n) is 5.41. The van der Waals surface area contributed by atoms with E-state index in [2.05, 4.69) is 0 Å². The fraction of sp³-hybridized carbons (Fsp3) is 0.0667. The second-order valence-corrected chi connectivity index (χ2v) is 3.48. The van der Waals surface area contributed by atoms with Crippen LogP contribution in [0.15, 0.2) is 66.4 Å². The van der Waals surface area contributed by atoms with Gasteiger partial charge < -0.3 is 4.90 Å². The molecule has 0 spiro atoms. The van der Waals surface area contributed by atoms with E-state index in [1.807, 2.05) is 54.6 Å². The van der Waals surface area contributed by atoms with E-state index in [1.165, 1.54) is 6.08 Å². The van der Waals surface area contributed by atoms with Crippen LogP contribution in [0.4, 0.5) is 5.69 Å². The minimum atomic E-state index is 0.0936. The highest BCUT2D eigenvalue weighted by atomic mass is 15.1. The Morgan fingerprint density at radius 1 is 1.06 bits per heavy atom. The first-order chi connectivity index (χ1) is 8.77. The van der Waals surface area contributed by atoms with E-state index in [0.29, 0.717) is 0 Å². The summed E-state index contributed by atoms with van der Waals surface area (Å²) in [7, 11) is 1.95. The maximum atomic E-state index is 8.52. The molecule has 0 heterocycles. The lowest BCUT2D eigenvalue weighted by atomic mass is 10.3. The highest BCUT2D eigenvalue weighted by Crippen LogP contribution is 2.10. The lowest BCUT2D eigenvalue weighted by Gasteiger charge is -2.12. The quantitative estimate of drug-likeness (QED) is 0.595. The highest BCUT2D eigenvalue weighted by Gasteiger charge is 1.92. The van der Waals surface area contributed by atoms with Gasteiger partial charge in [0.1, 0.15) is 17.7 Å². The summed E-state index contributed by atoms with van der Waals surface area (Å²) in [5.74, 6) is 0. The van der Waals surface area contributed by atoms with Crippen molar-refractivity contribution in [1.29, 1.82) is 10.5 Å². The predicted molar refractivity (Wildman–Crippen MR) is 72.4 cm³/mol. The van der Waals surface area contributed by atoms with Crippen LogP contribution >= 0.6 is 0 Å². The molecule has 1 aromatic rings. The van der Waals surface area contributed by atoms with Gasteiger partial charge in [-0.15, -0.1) is 0 Å². The van der Waals surface area contributed by atoms with E-state index in [-0.39, 0.29) is 5.57 Å². The van der Waals surface area contributed by atoms with Crippen LogP contribution in [0, 0.1) is 22.7 Å². The Morgan fingerprint density at radius 2 is 1.72 bits per heavy atom. The second kappa shape index (κ2) is 7.49. The van der Waals surface area contributed by atoms with E-state index >= 15 is 0 Å². The largest absolute Gasteiger partial charge is 0.351 e. The molecule has 18 heavy (non-hydrogen) atoms. The third-order valence-corrected chi connectivity index (χ3v) is 2.20. The summed E-state index contributed by atoms with van der Waals surface area (Å²) in [6.07, 6.45) is 8.66. The van der Waals surface area contributed by atoms with E-state index in [1.54, 1.807) is 24.3 Å². The van der Waals surface area contributed by atoms with Crippen molar-refractivity contribution >= 4 is 5.69 Å². The smallest absolute Gasteiger partial charge is 0.129 e. The molecule has 0 amide bonds. The van der Waals surface area contributed by atoms with Crippen LogP contribution in [0.25, 0.3) is 0 Å². The highest BCUT2D eigenvalue weighted by molar-refractivity contribution is 5.48. The van der Waals surface area contributed by atoms with Gasteiger partial charge in [0.15, 0.2) is 0 Å². The van der Waals surface area contributed by atoms with Crippen LogP contribution in [0.5, 0.6) is 0 Å². The fourth-order valence-electron chi connectivity index (χ4n) is 1.24. The number of nitriles is 2. The van der Waals surface area contributed by atoms with Gasteiger partial charge in [-0.3, -0.25) is 0 Å². The maximum Gasteiger partial charge on any atom is 0.129 e. The monoisotopic (exact) mass is 235 g/mol. The van der Waals surface area contributed by atoms with Gasteiger partial charge in [-0.05, 0) is 24.3 Å². The molecular formula is C15H13N3. The van der Waals surface area contributed by atoms with Crippen molar-refractivity contribution in [2.75, 3.05) is 11.9 Å². The number of hydrogen-bond donors (Lipinski definition) is 0. The summed E-state index contributed by atoms with van der Waals surface area (Å²) in [6.45, 7) is 0. The minimum absolute atomic E-state index is 0.0936. The molecule has 1 rings (SSSR count). The molecule has 0 aliphatic carbocycles. The molecule has 1 aromatic carbocycles. The van der Waals surface area contributed by atoms with Crippen LogP contribution in [0.2, 0.25) is 0 Å². The summed E-state index contributed by atoms with van der Waals surface area (Å²) in [5, 5.41) is 17.0. The van der Waals surface area contributed by atoms with E-state index in [0.717, 1.165) is 5.69 Å². The number of benzene rings is 1. The van der Waals surface area contributed by atoms with Gasteiger partial charge in [0.25, 0.3) is 0 Å².